The first-order valence-corrected chi connectivity index (χ1v) is 6.13. The van der Waals surface area contributed by atoms with E-state index < -0.39 is 0 Å². The molecule has 0 radical (unpaired) electrons. The summed E-state index contributed by atoms with van der Waals surface area (Å²) >= 11 is 1.38. The van der Waals surface area contributed by atoms with Crippen LogP contribution in [0.2, 0.25) is 0 Å². The lowest BCUT2D eigenvalue weighted by Crippen LogP contribution is -2.22. The molecule has 2 heterocycles. The molecule has 0 spiro atoms. The van der Waals surface area contributed by atoms with Crippen LogP contribution in [0.1, 0.15) is 28.9 Å². The highest BCUT2D eigenvalue weighted by molar-refractivity contribution is 7.12. The quantitative estimate of drug-likeness (QED) is 0.483. The maximum atomic E-state index is 12.0. The van der Waals surface area contributed by atoms with Crippen molar-refractivity contribution >= 4 is 17.1 Å². The van der Waals surface area contributed by atoms with Crippen LogP contribution in [0.25, 0.3) is 4.85 Å². The molecule has 1 aliphatic heterocycles. The van der Waals surface area contributed by atoms with E-state index >= 15 is 0 Å². The molecule has 1 fully saturated rings. The standard InChI is InChI=1S/C12H12N2OS/c1-13-11(9-5-2-3-7-14-9)12(15)10-6-4-8-16-10/h4,6,8,14H,2-3,5,7H2/b11-9+. The molecule has 1 aliphatic rings. The van der Waals surface area contributed by atoms with Crippen molar-refractivity contribution in [3.05, 3.63) is 45.2 Å². The average Bonchev–Trinajstić information content (AvgIpc) is 2.85. The number of nitrogens with zero attached hydrogens (tertiary/aromatic N) is 1. The summed E-state index contributed by atoms with van der Waals surface area (Å²) in [6.45, 7) is 8.01. The fraction of sp³-hybridized carbons (Fsp3) is 0.333. The van der Waals surface area contributed by atoms with E-state index in [2.05, 4.69) is 10.2 Å². The van der Waals surface area contributed by atoms with Crippen LogP contribution in [-0.2, 0) is 0 Å². The van der Waals surface area contributed by atoms with Crippen molar-refractivity contribution in [1.82, 2.24) is 5.32 Å². The molecule has 82 valence electrons. The van der Waals surface area contributed by atoms with E-state index in [1.807, 2.05) is 11.4 Å². The molecule has 0 saturated carbocycles. The van der Waals surface area contributed by atoms with Gasteiger partial charge in [-0.1, -0.05) is 6.07 Å². The summed E-state index contributed by atoms with van der Waals surface area (Å²) in [4.78, 5) is 16.1. The van der Waals surface area contributed by atoms with Crippen molar-refractivity contribution in [3.8, 4) is 0 Å². The number of hydrogen-bond donors (Lipinski definition) is 1. The first-order valence-electron chi connectivity index (χ1n) is 5.25. The normalized spacial score (nSPS) is 18.4. The highest BCUT2D eigenvalue weighted by Gasteiger charge is 2.19. The van der Waals surface area contributed by atoms with Crippen molar-refractivity contribution in [2.75, 3.05) is 6.54 Å². The van der Waals surface area contributed by atoms with Crippen LogP contribution in [0.4, 0.5) is 0 Å². The predicted molar refractivity (Wildman–Crippen MR) is 64.1 cm³/mol. The molecule has 1 aromatic heterocycles. The summed E-state index contributed by atoms with van der Waals surface area (Å²) < 4.78 is 0. The van der Waals surface area contributed by atoms with Crippen molar-refractivity contribution in [2.24, 2.45) is 0 Å². The van der Waals surface area contributed by atoms with Gasteiger partial charge < -0.3 is 10.1 Å². The minimum atomic E-state index is -0.144. The molecular weight excluding hydrogens is 220 g/mol. The van der Waals surface area contributed by atoms with E-state index in [0.29, 0.717) is 4.88 Å². The largest absolute Gasteiger partial charge is 0.397 e. The van der Waals surface area contributed by atoms with Crippen molar-refractivity contribution < 1.29 is 4.79 Å². The molecule has 0 atom stereocenters. The van der Waals surface area contributed by atoms with Crippen LogP contribution >= 0.6 is 11.3 Å². The van der Waals surface area contributed by atoms with Gasteiger partial charge in [-0.15, -0.1) is 11.3 Å². The Kier molecular flexibility index (Phi) is 3.37. The maximum Gasteiger partial charge on any atom is 0.253 e. The molecule has 3 nitrogen and oxygen atoms in total. The van der Waals surface area contributed by atoms with Crippen molar-refractivity contribution in [3.63, 3.8) is 0 Å². The number of carbonyl (C=O) groups is 1. The summed E-state index contributed by atoms with van der Waals surface area (Å²) in [6.07, 6.45) is 2.98. The topological polar surface area (TPSA) is 33.5 Å². The predicted octanol–water partition coefficient (Wildman–Crippen LogP) is 2.84. The molecule has 1 aromatic rings. The summed E-state index contributed by atoms with van der Waals surface area (Å²) in [7, 11) is 0. The molecule has 4 heteroatoms. The van der Waals surface area contributed by atoms with Crippen molar-refractivity contribution in [2.45, 2.75) is 19.3 Å². The Morgan fingerprint density at radius 2 is 2.38 bits per heavy atom. The van der Waals surface area contributed by atoms with Crippen LogP contribution in [-0.4, -0.2) is 12.3 Å². The fourth-order valence-electron chi connectivity index (χ4n) is 1.74. The number of piperidine rings is 1. The number of Topliss-reactive ketones (excluding diaryl/α,β-unsaturated/α-hetero) is 1. The van der Waals surface area contributed by atoms with E-state index in [-0.39, 0.29) is 11.5 Å². The molecule has 0 aromatic carbocycles. The zero-order valence-corrected chi connectivity index (χ0v) is 9.64. The Morgan fingerprint density at radius 1 is 1.50 bits per heavy atom. The number of ketones is 1. The minimum Gasteiger partial charge on any atom is -0.397 e. The number of hydrogen-bond acceptors (Lipinski definition) is 3. The Labute approximate surface area is 98.6 Å². The molecular formula is C12H12N2OS. The van der Waals surface area contributed by atoms with Gasteiger partial charge in [0.15, 0.2) is 0 Å². The molecule has 0 bridgehead atoms. The van der Waals surface area contributed by atoms with Crippen LogP contribution in [0.3, 0.4) is 0 Å². The highest BCUT2D eigenvalue weighted by Crippen LogP contribution is 2.21. The van der Waals surface area contributed by atoms with Gasteiger partial charge in [0.2, 0.25) is 5.78 Å². The lowest BCUT2D eigenvalue weighted by atomic mass is 10.1. The number of carbonyl (C=O) groups excluding carboxylic acids is 1. The zero-order valence-electron chi connectivity index (χ0n) is 8.82. The molecule has 0 amide bonds. The number of nitrogens with one attached hydrogen (secondary N) is 1. The van der Waals surface area contributed by atoms with Crippen LogP contribution in [0, 0.1) is 6.57 Å². The highest BCUT2D eigenvalue weighted by atomic mass is 32.1. The second-order valence-electron chi connectivity index (χ2n) is 3.63. The third-order valence-corrected chi connectivity index (χ3v) is 3.42. The van der Waals surface area contributed by atoms with Gasteiger partial charge in [0, 0.05) is 12.2 Å². The Hall–Kier alpha value is -1.60. The third-order valence-electron chi connectivity index (χ3n) is 2.55. The van der Waals surface area contributed by atoms with E-state index in [0.717, 1.165) is 31.5 Å². The molecule has 1 N–H and O–H groups in total. The van der Waals surface area contributed by atoms with E-state index in [1.54, 1.807) is 6.07 Å². The average molecular weight is 232 g/mol. The van der Waals surface area contributed by atoms with Gasteiger partial charge in [0.05, 0.1) is 11.4 Å². The SMILES string of the molecule is [C-]#[N+]/C(C(=O)c1cccs1)=C1\CCCCN1. The van der Waals surface area contributed by atoms with Gasteiger partial charge in [0.25, 0.3) is 5.70 Å². The zero-order chi connectivity index (χ0) is 11.4. The molecule has 0 unspecified atom stereocenters. The number of rotatable bonds is 2. The molecule has 16 heavy (non-hydrogen) atoms. The van der Waals surface area contributed by atoms with E-state index in [1.165, 1.54) is 11.3 Å². The van der Waals surface area contributed by atoms with Gasteiger partial charge in [-0.25, -0.2) is 4.85 Å². The third kappa shape index (κ3) is 2.15. The van der Waals surface area contributed by atoms with Gasteiger partial charge in [-0.2, -0.15) is 0 Å². The fourth-order valence-corrected chi connectivity index (χ4v) is 2.40. The van der Waals surface area contributed by atoms with E-state index in [4.69, 9.17) is 6.57 Å². The molecule has 0 aliphatic carbocycles. The Balaban J connectivity index is 2.29. The first kappa shape index (κ1) is 10.9. The number of allylic oxidation sites excluding steroid dienone is 2. The Morgan fingerprint density at radius 3 is 2.94 bits per heavy atom. The molecule has 1 saturated heterocycles. The van der Waals surface area contributed by atoms with Gasteiger partial charge in [0.1, 0.15) is 0 Å². The lowest BCUT2D eigenvalue weighted by Gasteiger charge is -2.17. The van der Waals surface area contributed by atoms with Gasteiger partial charge in [-0.3, -0.25) is 0 Å². The van der Waals surface area contributed by atoms with E-state index in [9.17, 15) is 4.79 Å². The molecule has 2 rings (SSSR count). The van der Waals surface area contributed by atoms with Crippen LogP contribution in [0.5, 0.6) is 0 Å². The van der Waals surface area contributed by atoms with Crippen LogP contribution < -0.4 is 5.32 Å². The maximum absolute atomic E-state index is 12.0. The number of thiophene rings is 1. The van der Waals surface area contributed by atoms with Crippen LogP contribution in [0.15, 0.2) is 28.9 Å². The lowest BCUT2D eigenvalue weighted by molar-refractivity contribution is 0.103. The second-order valence-corrected chi connectivity index (χ2v) is 4.58. The smallest absolute Gasteiger partial charge is 0.253 e. The summed E-state index contributed by atoms with van der Waals surface area (Å²) in [5, 5.41) is 5.02. The summed E-state index contributed by atoms with van der Waals surface area (Å²) in [5.41, 5.74) is 1.08. The second kappa shape index (κ2) is 4.95. The first-order chi connectivity index (χ1) is 7.83. The Bertz CT molecular complexity index is 446. The minimum absolute atomic E-state index is 0.144. The summed E-state index contributed by atoms with van der Waals surface area (Å²) in [6, 6.07) is 3.60. The summed E-state index contributed by atoms with van der Waals surface area (Å²) in [5.74, 6) is -0.144. The monoisotopic (exact) mass is 232 g/mol. The van der Waals surface area contributed by atoms with Gasteiger partial charge >= 0.3 is 0 Å². The van der Waals surface area contributed by atoms with Gasteiger partial charge in [-0.05, 0) is 30.7 Å². The van der Waals surface area contributed by atoms with Crippen molar-refractivity contribution in [1.29, 1.82) is 0 Å².